The first-order chi connectivity index (χ1) is 10.6. The van der Waals surface area contributed by atoms with Crippen LogP contribution in [0.2, 0.25) is 0 Å². The lowest BCUT2D eigenvalue weighted by Crippen LogP contribution is -2.51. The van der Waals surface area contributed by atoms with Crippen molar-refractivity contribution in [1.29, 1.82) is 0 Å². The van der Waals surface area contributed by atoms with E-state index in [1.807, 2.05) is 43.0 Å². The van der Waals surface area contributed by atoms with Gasteiger partial charge in [-0.05, 0) is 57.2 Å². The van der Waals surface area contributed by atoms with Crippen LogP contribution in [0.3, 0.4) is 0 Å². The average molecular weight is 341 g/mol. The second kappa shape index (κ2) is 9.78. The van der Waals surface area contributed by atoms with Gasteiger partial charge in [-0.25, -0.2) is 0 Å². The fourth-order valence-electron chi connectivity index (χ4n) is 3.08. The lowest BCUT2D eigenvalue weighted by molar-refractivity contribution is -0.135. The maximum Gasteiger partial charge on any atom is 0.222 e. The van der Waals surface area contributed by atoms with E-state index >= 15 is 0 Å². The first-order valence-corrected chi connectivity index (χ1v) is 8.32. The second-order valence-electron chi connectivity index (χ2n) is 6.28. The molecule has 0 radical (unpaired) electrons. The molecule has 0 aliphatic carbocycles. The highest BCUT2D eigenvalue weighted by atomic mass is 35.5. The quantitative estimate of drug-likeness (QED) is 0.808. The van der Waals surface area contributed by atoms with Crippen LogP contribution in [-0.2, 0) is 4.79 Å². The Labute approximate surface area is 145 Å². The van der Waals surface area contributed by atoms with Crippen LogP contribution < -0.4 is 10.5 Å². The van der Waals surface area contributed by atoms with Crippen LogP contribution in [0.4, 0.5) is 0 Å². The number of aryl methyl sites for hydroxylation is 1. The zero-order valence-electron chi connectivity index (χ0n) is 14.2. The molecule has 1 fully saturated rings. The predicted molar refractivity (Wildman–Crippen MR) is 96.2 cm³/mol. The molecular weight excluding hydrogens is 312 g/mol. The summed E-state index contributed by atoms with van der Waals surface area (Å²) in [5.41, 5.74) is 7.20. The number of rotatable bonds is 6. The molecule has 23 heavy (non-hydrogen) atoms. The van der Waals surface area contributed by atoms with E-state index in [1.165, 1.54) is 12.0 Å². The highest BCUT2D eigenvalue weighted by molar-refractivity contribution is 5.85. The van der Waals surface area contributed by atoms with Crippen LogP contribution in [0.25, 0.3) is 0 Å². The van der Waals surface area contributed by atoms with Crippen molar-refractivity contribution in [2.45, 2.75) is 58.0 Å². The van der Waals surface area contributed by atoms with E-state index in [9.17, 15) is 4.79 Å². The average Bonchev–Trinajstić information content (AvgIpc) is 2.51. The van der Waals surface area contributed by atoms with Crippen LogP contribution in [0.1, 0.15) is 44.6 Å². The third-order valence-corrected chi connectivity index (χ3v) is 4.27. The van der Waals surface area contributed by atoms with E-state index < -0.39 is 0 Å². The number of piperidine rings is 1. The number of benzene rings is 1. The van der Waals surface area contributed by atoms with Gasteiger partial charge in [-0.2, -0.15) is 0 Å². The van der Waals surface area contributed by atoms with Crippen molar-refractivity contribution in [2.75, 3.05) is 13.2 Å². The van der Waals surface area contributed by atoms with E-state index in [0.717, 1.165) is 31.6 Å². The van der Waals surface area contributed by atoms with Crippen molar-refractivity contribution in [3.05, 3.63) is 29.8 Å². The van der Waals surface area contributed by atoms with Gasteiger partial charge in [-0.3, -0.25) is 4.79 Å². The lowest BCUT2D eigenvalue weighted by atomic mass is 9.96. The molecule has 0 bridgehead atoms. The molecule has 1 aromatic rings. The summed E-state index contributed by atoms with van der Waals surface area (Å²) in [5.74, 6) is 1.09. The van der Waals surface area contributed by atoms with E-state index in [1.54, 1.807) is 0 Å². The van der Waals surface area contributed by atoms with Crippen molar-refractivity contribution in [2.24, 2.45) is 5.73 Å². The first kappa shape index (κ1) is 19.8. The molecule has 1 amide bonds. The Morgan fingerprint density at radius 2 is 2.22 bits per heavy atom. The summed E-state index contributed by atoms with van der Waals surface area (Å²) in [6.07, 6.45) is 4.58. The van der Waals surface area contributed by atoms with Gasteiger partial charge in [0.15, 0.2) is 0 Å². The van der Waals surface area contributed by atoms with Gasteiger partial charge in [0.1, 0.15) is 5.75 Å². The minimum Gasteiger partial charge on any atom is -0.494 e. The van der Waals surface area contributed by atoms with Gasteiger partial charge in [0, 0.05) is 25.0 Å². The number of carbonyl (C=O) groups is 1. The maximum absolute atomic E-state index is 12.4. The van der Waals surface area contributed by atoms with Gasteiger partial charge >= 0.3 is 0 Å². The number of carbonyl (C=O) groups excluding carboxylic acids is 1. The number of nitrogens with zero attached hydrogens (tertiary/aromatic N) is 1. The minimum atomic E-state index is 0. The van der Waals surface area contributed by atoms with Crippen LogP contribution in [0, 0.1) is 6.92 Å². The predicted octanol–water partition coefficient (Wildman–Crippen LogP) is 3.30. The van der Waals surface area contributed by atoms with Gasteiger partial charge in [0.2, 0.25) is 5.91 Å². The zero-order chi connectivity index (χ0) is 15.9. The van der Waals surface area contributed by atoms with Crippen LogP contribution in [0.15, 0.2) is 24.3 Å². The number of hydrogen-bond donors (Lipinski definition) is 1. The normalized spacial score (nSPS) is 18.9. The summed E-state index contributed by atoms with van der Waals surface area (Å²) in [7, 11) is 0. The highest BCUT2D eigenvalue weighted by Gasteiger charge is 2.28. The number of ether oxygens (including phenoxy) is 1. The van der Waals surface area contributed by atoms with E-state index in [-0.39, 0.29) is 30.4 Å². The molecule has 130 valence electrons. The molecule has 1 aliphatic rings. The van der Waals surface area contributed by atoms with Crippen molar-refractivity contribution in [3.8, 4) is 5.75 Å². The molecule has 1 aliphatic heterocycles. The van der Waals surface area contributed by atoms with Crippen molar-refractivity contribution in [3.63, 3.8) is 0 Å². The van der Waals surface area contributed by atoms with Crippen LogP contribution in [0.5, 0.6) is 5.75 Å². The Kier molecular flexibility index (Phi) is 8.42. The Balaban J connectivity index is 0.00000264. The third kappa shape index (κ3) is 6.04. The number of likely N-dealkylation sites (tertiary alicyclic amines) is 1. The van der Waals surface area contributed by atoms with Gasteiger partial charge in [0.25, 0.3) is 0 Å². The Hall–Kier alpha value is -1.26. The standard InChI is InChI=1S/C18H28N2O2.ClH/c1-14-7-5-8-16(13-14)22-12-6-10-18(21)20-11-4-3-9-17(20)15(2)19;/h5,7-8,13,15,17H,3-4,6,9-12,19H2,1-2H3;1H. The molecule has 2 unspecified atom stereocenters. The molecule has 0 saturated carbocycles. The Bertz CT molecular complexity index is 494. The van der Waals surface area contributed by atoms with Gasteiger partial charge < -0.3 is 15.4 Å². The molecule has 0 spiro atoms. The number of nitrogens with two attached hydrogens (primary N) is 1. The molecule has 2 atom stereocenters. The van der Waals surface area contributed by atoms with Crippen molar-refractivity contribution >= 4 is 18.3 Å². The van der Waals surface area contributed by atoms with Gasteiger partial charge in [-0.15, -0.1) is 12.4 Å². The third-order valence-electron chi connectivity index (χ3n) is 4.27. The van der Waals surface area contributed by atoms with Gasteiger partial charge in [0.05, 0.1) is 6.61 Å². The molecule has 1 aromatic carbocycles. The van der Waals surface area contributed by atoms with Crippen molar-refractivity contribution < 1.29 is 9.53 Å². The summed E-state index contributed by atoms with van der Waals surface area (Å²) in [6.45, 7) is 5.47. The summed E-state index contributed by atoms with van der Waals surface area (Å²) in [4.78, 5) is 14.4. The largest absolute Gasteiger partial charge is 0.494 e. The fraction of sp³-hybridized carbons (Fsp3) is 0.611. The molecule has 5 heteroatoms. The van der Waals surface area contributed by atoms with Crippen molar-refractivity contribution in [1.82, 2.24) is 4.90 Å². The number of hydrogen-bond acceptors (Lipinski definition) is 3. The molecule has 0 aromatic heterocycles. The minimum absolute atomic E-state index is 0. The SMILES string of the molecule is Cc1cccc(OCCCC(=O)N2CCCCC2C(C)N)c1.Cl. The molecular formula is C18H29ClN2O2. The van der Waals surface area contributed by atoms with E-state index in [4.69, 9.17) is 10.5 Å². The van der Waals surface area contributed by atoms with Crippen LogP contribution >= 0.6 is 12.4 Å². The topological polar surface area (TPSA) is 55.6 Å². The number of halogens is 1. The monoisotopic (exact) mass is 340 g/mol. The van der Waals surface area contributed by atoms with Crippen LogP contribution in [-0.4, -0.2) is 36.0 Å². The number of amides is 1. The Morgan fingerprint density at radius 3 is 2.91 bits per heavy atom. The zero-order valence-corrected chi connectivity index (χ0v) is 15.0. The molecule has 1 saturated heterocycles. The molecule has 2 rings (SSSR count). The maximum atomic E-state index is 12.4. The summed E-state index contributed by atoms with van der Waals surface area (Å²) >= 11 is 0. The van der Waals surface area contributed by atoms with Gasteiger partial charge in [-0.1, -0.05) is 12.1 Å². The second-order valence-corrected chi connectivity index (χ2v) is 6.28. The summed E-state index contributed by atoms with van der Waals surface area (Å²) < 4.78 is 5.70. The summed E-state index contributed by atoms with van der Waals surface area (Å²) in [5, 5.41) is 0. The summed E-state index contributed by atoms with van der Waals surface area (Å²) in [6, 6.07) is 8.24. The molecule has 4 nitrogen and oxygen atoms in total. The lowest BCUT2D eigenvalue weighted by Gasteiger charge is -2.38. The van der Waals surface area contributed by atoms with E-state index in [2.05, 4.69) is 0 Å². The molecule has 1 heterocycles. The van der Waals surface area contributed by atoms with E-state index in [0.29, 0.717) is 13.0 Å². The smallest absolute Gasteiger partial charge is 0.222 e. The fourth-order valence-corrected chi connectivity index (χ4v) is 3.08. The molecule has 2 N–H and O–H groups in total. The Morgan fingerprint density at radius 1 is 1.43 bits per heavy atom. The first-order valence-electron chi connectivity index (χ1n) is 8.32. The highest BCUT2D eigenvalue weighted by Crippen LogP contribution is 2.20.